The van der Waals surface area contributed by atoms with Crippen molar-refractivity contribution in [3.8, 4) is 17.0 Å². The van der Waals surface area contributed by atoms with Crippen molar-refractivity contribution in [1.29, 1.82) is 0 Å². The van der Waals surface area contributed by atoms with Crippen LogP contribution in [-0.2, 0) is 11.0 Å². The number of hydrogen-bond donors (Lipinski definition) is 2. The molecule has 38 heavy (non-hydrogen) atoms. The molecule has 1 fully saturated rings. The number of halogens is 2. The maximum absolute atomic E-state index is 12.7. The molecule has 1 aliphatic rings. The second kappa shape index (κ2) is 11.5. The van der Waals surface area contributed by atoms with Gasteiger partial charge in [0.2, 0.25) is 5.95 Å². The lowest BCUT2D eigenvalue weighted by Crippen LogP contribution is -2.34. The normalized spacial score (nSPS) is 15.1. The molecule has 2 aromatic carbocycles. The number of anilines is 3. The molecule has 5 rings (SSSR count). The van der Waals surface area contributed by atoms with Gasteiger partial charge < -0.3 is 20.1 Å². The lowest BCUT2D eigenvalue weighted by molar-refractivity contribution is 0.203. The van der Waals surface area contributed by atoms with Crippen LogP contribution in [0.5, 0.6) is 5.75 Å². The van der Waals surface area contributed by atoms with Crippen LogP contribution in [0.25, 0.3) is 22.2 Å². The number of rotatable bonds is 8. The van der Waals surface area contributed by atoms with Gasteiger partial charge in [0.05, 0.1) is 45.9 Å². The van der Waals surface area contributed by atoms with E-state index in [0.717, 1.165) is 48.1 Å². The molecule has 0 spiro atoms. The van der Waals surface area contributed by atoms with Crippen LogP contribution in [0.15, 0.2) is 48.8 Å². The van der Waals surface area contributed by atoms with E-state index in [2.05, 4.69) is 15.2 Å². The Hall–Kier alpha value is -2.85. The minimum absolute atomic E-state index is 0.216. The topological polar surface area (TPSA) is 92.5 Å². The van der Waals surface area contributed by atoms with Crippen molar-refractivity contribution < 1.29 is 14.1 Å². The van der Waals surface area contributed by atoms with Crippen molar-refractivity contribution in [3.63, 3.8) is 0 Å². The van der Waals surface area contributed by atoms with Gasteiger partial charge in [0.25, 0.3) is 0 Å². The van der Waals surface area contributed by atoms with Crippen LogP contribution in [0.2, 0.25) is 10.0 Å². The predicted molar refractivity (Wildman–Crippen MR) is 155 cm³/mol. The summed E-state index contributed by atoms with van der Waals surface area (Å²) in [5.74, 6) is 1.74. The molecule has 1 unspecified atom stereocenters. The van der Waals surface area contributed by atoms with E-state index in [1.807, 2.05) is 49.5 Å². The minimum atomic E-state index is -1.21. The lowest BCUT2D eigenvalue weighted by atomic mass is 9.97. The molecule has 3 heterocycles. The van der Waals surface area contributed by atoms with Crippen LogP contribution in [0, 0.1) is 5.92 Å². The standard InChI is InChI=1S/C27H29Cl2N5O3S/c1-3-38(36)34-15-19(18-6-4-5-7-23(18)34)26-21(29)14-30-27(32-26)31-22-12-20(28)24(13-25(22)37-2)33-10-8-17(16-35)9-11-33/h4-7,12-15,17,35H,3,8-11,16H2,1-2H3,(H,30,31,32). The van der Waals surface area contributed by atoms with Crippen LogP contribution in [0.4, 0.5) is 17.3 Å². The van der Waals surface area contributed by atoms with Gasteiger partial charge in [-0.15, -0.1) is 0 Å². The highest BCUT2D eigenvalue weighted by Crippen LogP contribution is 2.40. The second-order valence-electron chi connectivity index (χ2n) is 9.13. The molecule has 1 atom stereocenters. The van der Waals surface area contributed by atoms with Gasteiger partial charge in [-0.3, -0.25) is 3.97 Å². The van der Waals surface area contributed by atoms with Crippen LogP contribution in [0.3, 0.4) is 0 Å². The monoisotopic (exact) mass is 573 g/mol. The second-order valence-corrected chi connectivity index (χ2v) is 11.6. The first-order valence-corrected chi connectivity index (χ1v) is 14.5. The number of aliphatic hydroxyl groups is 1. The van der Waals surface area contributed by atoms with Crippen molar-refractivity contribution in [2.75, 3.05) is 42.8 Å². The Morgan fingerprint density at radius 3 is 2.66 bits per heavy atom. The molecule has 2 aromatic heterocycles. The van der Waals surface area contributed by atoms with E-state index in [4.69, 9.17) is 32.9 Å². The molecule has 0 bridgehead atoms. The summed E-state index contributed by atoms with van der Waals surface area (Å²) in [6.45, 7) is 3.74. The van der Waals surface area contributed by atoms with E-state index in [0.29, 0.717) is 44.8 Å². The Morgan fingerprint density at radius 1 is 1.18 bits per heavy atom. The fourth-order valence-electron chi connectivity index (χ4n) is 4.79. The predicted octanol–water partition coefficient (Wildman–Crippen LogP) is 5.90. The zero-order chi connectivity index (χ0) is 26.8. The summed E-state index contributed by atoms with van der Waals surface area (Å²) < 4.78 is 20.1. The highest BCUT2D eigenvalue weighted by molar-refractivity contribution is 7.83. The minimum Gasteiger partial charge on any atom is -0.494 e. The molecule has 8 nitrogen and oxygen atoms in total. The van der Waals surface area contributed by atoms with E-state index in [-0.39, 0.29) is 6.61 Å². The smallest absolute Gasteiger partial charge is 0.227 e. The first kappa shape index (κ1) is 26.7. The van der Waals surface area contributed by atoms with Crippen LogP contribution >= 0.6 is 23.2 Å². The molecule has 4 aromatic rings. The average Bonchev–Trinajstić information content (AvgIpc) is 3.33. The third-order valence-corrected chi connectivity index (χ3v) is 8.69. The molecule has 11 heteroatoms. The van der Waals surface area contributed by atoms with Crippen molar-refractivity contribution in [2.24, 2.45) is 5.92 Å². The molecule has 2 N–H and O–H groups in total. The fourth-order valence-corrected chi connectivity index (χ4v) is 6.15. The summed E-state index contributed by atoms with van der Waals surface area (Å²) in [4.78, 5) is 11.3. The number of nitrogens with zero attached hydrogens (tertiary/aromatic N) is 4. The Kier molecular flexibility index (Phi) is 8.09. The van der Waals surface area contributed by atoms with E-state index >= 15 is 0 Å². The van der Waals surface area contributed by atoms with Gasteiger partial charge in [0, 0.05) is 48.7 Å². The molecule has 0 aliphatic carbocycles. The molecule has 1 aliphatic heterocycles. The first-order chi connectivity index (χ1) is 18.4. The molecule has 1 saturated heterocycles. The number of para-hydroxylation sites is 1. The van der Waals surface area contributed by atoms with Gasteiger partial charge >= 0.3 is 0 Å². The zero-order valence-corrected chi connectivity index (χ0v) is 23.5. The maximum atomic E-state index is 12.7. The van der Waals surface area contributed by atoms with Gasteiger partial charge in [0.1, 0.15) is 16.7 Å². The summed E-state index contributed by atoms with van der Waals surface area (Å²) in [5.41, 5.74) is 3.65. The summed E-state index contributed by atoms with van der Waals surface area (Å²) in [7, 11) is 0.396. The molecular formula is C27H29Cl2N5O3S. The van der Waals surface area contributed by atoms with Crippen molar-refractivity contribution in [3.05, 3.63) is 58.8 Å². The van der Waals surface area contributed by atoms with Crippen LogP contribution in [-0.4, -0.2) is 55.8 Å². The fraction of sp³-hybridized carbons (Fsp3) is 0.333. The van der Waals surface area contributed by atoms with Gasteiger partial charge in [-0.2, -0.15) is 0 Å². The quantitative estimate of drug-likeness (QED) is 0.271. The summed E-state index contributed by atoms with van der Waals surface area (Å²) in [5, 5.41) is 14.5. The average molecular weight is 575 g/mol. The van der Waals surface area contributed by atoms with Crippen molar-refractivity contribution in [2.45, 2.75) is 19.8 Å². The zero-order valence-electron chi connectivity index (χ0n) is 21.2. The Balaban J connectivity index is 1.48. The van der Waals surface area contributed by atoms with Gasteiger partial charge in [-0.25, -0.2) is 14.2 Å². The first-order valence-electron chi connectivity index (χ1n) is 12.5. The van der Waals surface area contributed by atoms with Crippen molar-refractivity contribution >= 4 is 62.4 Å². The Morgan fingerprint density at radius 2 is 1.95 bits per heavy atom. The number of piperidine rings is 1. The van der Waals surface area contributed by atoms with E-state index in [1.165, 1.54) is 0 Å². The SMILES string of the molecule is CCS(=O)n1cc(-c2nc(Nc3cc(Cl)c(N4CCC(CO)CC4)cc3OC)ncc2Cl)c2ccccc21. The van der Waals surface area contributed by atoms with E-state index in [9.17, 15) is 9.32 Å². The van der Waals surface area contributed by atoms with E-state index < -0.39 is 11.0 Å². The summed E-state index contributed by atoms with van der Waals surface area (Å²) in [6.07, 6.45) is 5.20. The number of ether oxygens (including phenoxy) is 1. The number of methoxy groups -OCH3 is 1. The number of aliphatic hydroxyl groups excluding tert-OH is 1. The Labute approximate surface area is 234 Å². The van der Waals surface area contributed by atoms with E-state index in [1.54, 1.807) is 17.3 Å². The number of hydrogen-bond acceptors (Lipinski definition) is 7. The van der Waals surface area contributed by atoms with Gasteiger partial charge in [-0.05, 0) is 30.9 Å². The third-order valence-electron chi connectivity index (χ3n) is 6.87. The van der Waals surface area contributed by atoms with Gasteiger partial charge in [0.15, 0.2) is 0 Å². The van der Waals surface area contributed by atoms with Crippen molar-refractivity contribution in [1.82, 2.24) is 13.9 Å². The summed E-state index contributed by atoms with van der Waals surface area (Å²) >= 11 is 13.3. The molecule has 0 saturated carbocycles. The molecule has 0 amide bonds. The number of nitrogens with one attached hydrogen (secondary N) is 1. The Bertz CT molecular complexity index is 1490. The molecular weight excluding hydrogens is 545 g/mol. The molecule has 200 valence electrons. The summed E-state index contributed by atoms with van der Waals surface area (Å²) in [6, 6.07) is 11.5. The van der Waals surface area contributed by atoms with Gasteiger partial charge in [-0.1, -0.05) is 48.3 Å². The van der Waals surface area contributed by atoms with Crippen LogP contribution in [0.1, 0.15) is 19.8 Å². The van der Waals surface area contributed by atoms with Crippen LogP contribution < -0.4 is 15.0 Å². The largest absolute Gasteiger partial charge is 0.494 e. The number of fused-ring (bicyclic) bond motifs is 1. The number of aromatic nitrogens is 3. The molecule has 0 radical (unpaired) electrons. The highest BCUT2D eigenvalue weighted by atomic mass is 35.5. The highest BCUT2D eigenvalue weighted by Gasteiger charge is 2.23. The number of benzene rings is 2. The lowest BCUT2D eigenvalue weighted by Gasteiger charge is -2.33. The third kappa shape index (κ3) is 5.20. The maximum Gasteiger partial charge on any atom is 0.227 e.